The fraction of sp³-hybridized carbons (Fsp3) is 0.706. The molecule has 3 heterocycles. The van der Waals surface area contributed by atoms with Crippen molar-refractivity contribution in [2.45, 2.75) is 17.6 Å². The molecule has 2 saturated heterocycles. The average Bonchev–Trinajstić information content (AvgIpc) is 2.67. The van der Waals surface area contributed by atoms with Gasteiger partial charge in [-0.1, -0.05) is 0 Å². The second kappa shape index (κ2) is 7.59. The van der Waals surface area contributed by atoms with E-state index in [1.54, 1.807) is 11.1 Å². The van der Waals surface area contributed by atoms with E-state index in [0.717, 1.165) is 5.82 Å². The van der Waals surface area contributed by atoms with Crippen molar-refractivity contribution in [2.75, 3.05) is 69.4 Å². The largest absolute Gasteiger partial charge is 0.353 e. The Bertz CT molecular complexity index is 784. The van der Waals surface area contributed by atoms with Crippen molar-refractivity contribution in [2.24, 2.45) is 0 Å². The summed E-state index contributed by atoms with van der Waals surface area (Å²) in [5.74, 6) is 1.21. The second-order valence-corrected chi connectivity index (χ2v) is 9.73. The first-order valence-corrected chi connectivity index (χ1v) is 11.1. The zero-order chi connectivity index (χ0) is 19.7. The van der Waals surface area contributed by atoms with Crippen LogP contribution in [-0.4, -0.2) is 93.6 Å². The highest BCUT2D eigenvalue weighted by Gasteiger charge is 2.50. The van der Waals surface area contributed by atoms with Gasteiger partial charge in [0.1, 0.15) is 5.82 Å². The maximum atomic E-state index is 13.2. The van der Waals surface area contributed by atoms with E-state index in [-0.39, 0.29) is 5.91 Å². The predicted octanol–water partition coefficient (Wildman–Crippen LogP) is -0.642. The average molecular weight is 397 g/mol. The van der Waals surface area contributed by atoms with Crippen LogP contribution in [0.1, 0.15) is 12.8 Å². The molecule has 2 aliphatic rings. The molecule has 0 aromatic carbocycles. The molecule has 1 N–H and O–H groups in total. The number of carbonyl (C=O) groups excluding carboxylic acids is 1. The third-order valence-corrected chi connectivity index (χ3v) is 7.43. The van der Waals surface area contributed by atoms with Gasteiger partial charge < -0.3 is 20.0 Å². The molecule has 2 aliphatic heterocycles. The molecule has 9 nitrogen and oxygen atoms in total. The van der Waals surface area contributed by atoms with Crippen molar-refractivity contribution in [3.05, 3.63) is 12.3 Å². The third-order valence-electron chi connectivity index (χ3n) is 5.43. The molecular formula is C17H28N6O3S. The Morgan fingerprint density at radius 3 is 2.37 bits per heavy atom. The standard InChI is InChI=1S/C17H28N6O3S/c1-21(2)16-19-7-4-14(20-16)22-10-12-23(13-11-22)15(24)17(27(3,25)26)5-8-18-9-6-17/h4,7,18H,5-6,8-13H2,1-3H3. The van der Waals surface area contributed by atoms with Gasteiger partial charge in [0.15, 0.2) is 14.6 Å². The molecule has 0 atom stereocenters. The summed E-state index contributed by atoms with van der Waals surface area (Å²) in [5, 5.41) is 3.15. The summed E-state index contributed by atoms with van der Waals surface area (Å²) in [6.45, 7) is 3.32. The number of anilines is 2. The van der Waals surface area contributed by atoms with E-state index in [4.69, 9.17) is 0 Å². The molecule has 0 radical (unpaired) electrons. The topological polar surface area (TPSA) is 98.7 Å². The lowest BCUT2D eigenvalue weighted by atomic mass is 9.95. The fourth-order valence-electron chi connectivity index (χ4n) is 3.73. The van der Waals surface area contributed by atoms with Gasteiger partial charge in [-0.15, -0.1) is 0 Å². The highest BCUT2D eigenvalue weighted by atomic mass is 32.2. The highest BCUT2D eigenvalue weighted by Crippen LogP contribution is 2.30. The molecule has 0 bridgehead atoms. The summed E-state index contributed by atoms with van der Waals surface area (Å²) in [6, 6.07) is 1.86. The van der Waals surface area contributed by atoms with E-state index in [1.165, 1.54) is 6.26 Å². The smallest absolute Gasteiger partial charge is 0.244 e. The van der Waals surface area contributed by atoms with Crippen LogP contribution >= 0.6 is 0 Å². The van der Waals surface area contributed by atoms with E-state index < -0.39 is 14.6 Å². The van der Waals surface area contributed by atoms with E-state index in [1.807, 2.05) is 25.1 Å². The van der Waals surface area contributed by atoms with Gasteiger partial charge in [-0.2, -0.15) is 4.98 Å². The molecular weight excluding hydrogens is 368 g/mol. The Balaban J connectivity index is 1.71. The Kier molecular flexibility index (Phi) is 5.57. The fourth-order valence-corrected chi connectivity index (χ4v) is 5.12. The molecule has 1 aromatic rings. The summed E-state index contributed by atoms with van der Waals surface area (Å²) in [6.07, 6.45) is 3.59. The van der Waals surface area contributed by atoms with Gasteiger partial charge in [0.25, 0.3) is 0 Å². The van der Waals surface area contributed by atoms with Gasteiger partial charge in [-0.3, -0.25) is 4.79 Å². The third kappa shape index (κ3) is 3.86. The number of rotatable bonds is 4. The Labute approximate surface area is 160 Å². The van der Waals surface area contributed by atoms with E-state index in [9.17, 15) is 13.2 Å². The molecule has 10 heteroatoms. The van der Waals surface area contributed by atoms with Crippen molar-refractivity contribution < 1.29 is 13.2 Å². The van der Waals surface area contributed by atoms with E-state index >= 15 is 0 Å². The zero-order valence-corrected chi connectivity index (χ0v) is 17.0. The number of hydrogen-bond donors (Lipinski definition) is 1. The molecule has 0 spiro atoms. The Morgan fingerprint density at radius 2 is 1.81 bits per heavy atom. The zero-order valence-electron chi connectivity index (χ0n) is 16.2. The Hall–Kier alpha value is -1.94. The number of sulfone groups is 1. The van der Waals surface area contributed by atoms with Gasteiger partial charge in [-0.25, -0.2) is 13.4 Å². The first-order valence-electron chi connectivity index (χ1n) is 9.20. The van der Waals surface area contributed by atoms with Crippen LogP contribution in [-0.2, 0) is 14.6 Å². The predicted molar refractivity (Wildman–Crippen MR) is 105 cm³/mol. The number of aromatic nitrogens is 2. The van der Waals surface area contributed by atoms with Crippen LogP contribution in [0.4, 0.5) is 11.8 Å². The van der Waals surface area contributed by atoms with Crippen molar-refractivity contribution in [3.8, 4) is 0 Å². The number of piperazine rings is 1. The quantitative estimate of drug-likeness (QED) is 0.718. The lowest BCUT2D eigenvalue weighted by molar-refractivity contribution is -0.135. The van der Waals surface area contributed by atoms with E-state index in [0.29, 0.717) is 58.1 Å². The van der Waals surface area contributed by atoms with Crippen LogP contribution in [0.15, 0.2) is 12.3 Å². The normalized spacial score (nSPS) is 20.4. The maximum Gasteiger partial charge on any atom is 0.244 e. The number of amides is 1. The van der Waals surface area contributed by atoms with Gasteiger partial charge in [0, 0.05) is 52.7 Å². The number of hydrogen-bond acceptors (Lipinski definition) is 8. The summed E-state index contributed by atoms with van der Waals surface area (Å²) in [5.41, 5.74) is 0. The molecule has 0 saturated carbocycles. The summed E-state index contributed by atoms with van der Waals surface area (Å²) < 4.78 is 23.7. The number of carbonyl (C=O) groups is 1. The van der Waals surface area contributed by atoms with Gasteiger partial charge in [-0.05, 0) is 32.0 Å². The van der Waals surface area contributed by atoms with Crippen molar-refractivity contribution >= 4 is 27.5 Å². The first-order chi connectivity index (χ1) is 12.7. The van der Waals surface area contributed by atoms with Crippen LogP contribution in [0.2, 0.25) is 0 Å². The SMILES string of the molecule is CN(C)c1nccc(N2CCN(C(=O)C3(S(C)(=O)=O)CCNCC3)CC2)n1. The summed E-state index contributed by atoms with van der Waals surface area (Å²) in [7, 11) is 0.289. The first kappa shape index (κ1) is 19.8. The number of nitrogens with zero attached hydrogens (tertiary/aromatic N) is 5. The minimum Gasteiger partial charge on any atom is -0.353 e. The Morgan fingerprint density at radius 1 is 1.19 bits per heavy atom. The molecule has 1 aromatic heterocycles. The minimum absolute atomic E-state index is 0.247. The molecule has 0 aliphatic carbocycles. The molecule has 2 fully saturated rings. The monoisotopic (exact) mass is 396 g/mol. The lowest BCUT2D eigenvalue weighted by Gasteiger charge is -2.42. The van der Waals surface area contributed by atoms with E-state index in [2.05, 4.69) is 20.2 Å². The van der Waals surface area contributed by atoms with Crippen molar-refractivity contribution in [3.63, 3.8) is 0 Å². The van der Waals surface area contributed by atoms with Crippen LogP contribution in [0.5, 0.6) is 0 Å². The van der Waals surface area contributed by atoms with Gasteiger partial charge in [0.2, 0.25) is 11.9 Å². The van der Waals surface area contributed by atoms with Gasteiger partial charge >= 0.3 is 0 Å². The van der Waals surface area contributed by atoms with Crippen LogP contribution in [0.3, 0.4) is 0 Å². The van der Waals surface area contributed by atoms with Crippen LogP contribution in [0.25, 0.3) is 0 Å². The number of piperidine rings is 1. The molecule has 150 valence electrons. The van der Waals surface area contributed by atoms with Gasteiger partial charge in [0.05, 0.1) is 0 Å². The van der Waals surface area contributed by atoms with Crippen LogP contribution in [0, 0.1) is 0 Å². The van der Waals surface area contributed by atoms with Crippen molar-refractivity contribution in [1.29, 1.82) is 0 Å². The van der Waals surface area contributed by atoms with Crippen molar-refractivity contribution in [1.82, 2.24) is 20.2 Å². The minimum atomic E-state index is -3.49. The highest BCUT2D eigenvalue weighted by molar-refractivity contribution is 7.92. The molecule has 0 unspecified atom stereocenters. The summed E-state index contributed by atoms with van der Waals surface area (Å²) in [4.78, 5) is 27.6. The second-order valence-electron chi connectivity index (χ2n) is 7.40. The lowest BCUT2D eigenvalue weighted by Crippen LogP contribution is -2.61. The molecule has 27 heavy (non-hydrogen) atoms. The molecule has 1 amide bonds. The maximum absolute atomic E-state index is 13.2. The van der Waals surface area contributed by atoms with Crippen LogP contribution < -0.4 is 15.1 Å². The summed E-state index contributed by atoms with van der Waals surface area (Å²) >= 11 is 0. The molecule has 3 rings (SSSR count). The number of nitrogens with one attached hydrogen (secondary N) is 1.